The Morgan fingerprint density at radius 3 is 2.83 bits per heavy atom. The smallest absolute Gasteiger partial charge is 0.224 e. The topological polar surface area (TPSA) is 111 Å². The zero-order valence-electron chi connectivity index (χ0n) is 19.6. The molecule has 8 heteroatoms. The van der Waals surface area contributed by atoms with Gasteiger partial charge in [0.05, 0.1) is 23.1 Å². The molecule has 1 saturated heterocycles. The van der Waals surface area contributed by atoms with Crippen LogP contribution in [-0.4, -0.2) is 44.1 Å². The Balaban J connectivity index is 1.30. The maximum atomic E-state index is 12.7. The molecule has 0 unspecified atom stereocenters. The van der Waals surface area contributed by atoms with Gasteiger partial charge in [-0.25, -0.2) is 0 Å². The van der Waals surface area contributed by atoms with Crippen LogP contribution >= 0.6 is 0 Å². The number of anilines is 1. The maximum absolute atomic E-state index is 12.7. The van der Waals surface area contributed by atoms with Crippen molar-refractivity contribution >= 4 is 33.4 Å². The second-order valence-electron chi connectivity index (χ2n) is 9.37. The second-order valence-corrected chi connectivity index (χ2v) is 9.37. The van der Waals surface area contributed by atoms with Gasteiger partial charge >= 0.3 is 0 Å². The van der Waals surface area contributed by atoms with Crippen molar-refractivity contribution in [3.8, 4) is 22.6 Å². The van der Waals surface area contributed by atoms with E-state index < -0.39 is 0 Å². The van der Waals surface area contributed by atoms with E-state index in [0.29, 0.717) is 12.3 Å². The lowest BCUT2D eigenvalue weighted by Crippen LogP contribution is -2.30. The highest BCUT2D eigenvalue weighted by Gasteiger charge is 2.18. The Bertz CT molecular complexity index is 1490. The van der Waals surface area contributed by atoms with Crippen molar-refractivity contribution in [1.82, 2.24) is 30.5 Å². The van der Waals surface area contributed by atoms with Crippen LogP contribution in [0.25, 0.3) is 44.5 Å². The van der Waals surface area contributed by atoms with Gasteiger partial charge in [0.25, 0.3) is 0 Å². The van der Waals surface area contributed by atoms with Crippen molar-refractivity contribution in [3.05, 3.63) is 60.6 Å². The number of fused-ring (bicyclic) bond motifs is 2. The number of aromatic nitrogens is 5. The van der Waals surface area contributed by atoms with Crippen LogP contribution in [0.4, 0.5) is 5.69 Å². The second kappa shape index (κ2) is 8.96. The quantitative estimate of drug-likeness (QED) is 0.298. The Morgan fingerprint density at radius 1 is 1.09 bits per heavy atom. The van der Waals surface area contributed by atoms with Crippen LogP contribution in [0.15, 0.2) is 55.0 Å². The standard InChI is InChI=1S/C27H27N7O/c1-16-8-18(11-20(9-16)31-26(35)10-17-2-5-28-6-3-17)23-13-21-25(15-30-23)33-34-27(21)24-12-19-14-29-7-4-22(19)32-24/h4,7-9,11-15,17,28,32H,2-3,5-6,10H2,1H3,(H,31,35)(H,33,34). The van der Waals surface area contributed by atoms with Gasteiger partial charge in [-0.3, -0.25) is 19.9 Å². The molecule has 1 aliphatic heterocycles. The molecule has 1 aliphatic rings. The van der Waals surface area contributed by atoms with Crippen LogP contribution in [0.3, 0.4) is 0 Å². The van der Waals surface area contributed by atoms with Crippen LogP contribution < -0.4 is 10.6 Å². The number of piperidine rings is 1. The van der Waals surface area contributed by atoms with Gasteiger partial charge in [0.1, 0.15) is 5.69 Å². The minimum absolute atomic E-state index is 0.0716. The summed E-state index contributed by atoms with van der Waals surface area (Å²) in [5, 5.41) is 16.1. The summed E-state index contributed by atoms with van der Waals surface area (Å²) >= 11 is 0. The van der Waals surface area contributed by atoms with E-state index in [-0.39, 0.29) is 5.91 Å². The number of aryl methyl sites for hydroxylation is 1. The number of rotatable bonds is 5. The molecular formula is C27H27N7O. The zero-order valence-corrected chi connectivity index (χ0v) is 19.6. The first-order valence-electron chi connectivity index (χ1n) is 12.0. The van der Waals surface area contributed by atoms with Gasteiger partial charge < -0.3 is 15.6 Å². The van der Waals surface area contributed by atoms with E-state index in [0.717, 1.165) is 81.6 Å². The average Bonchev–Trinajstić information content (AvgIpc) is 3.47. The van der Waals surface area contributed by atoms with E-state index in [2.05, 4.69) is 47.9 Å². The molecule has 6 rings (SSSR count). The van der Waals surface area contributed by atoms with E-state index in [9.17, 15) is 4.79 Å². The summed E-state index contributed by atoms with van der Waals surface area (Å²) in [5.74, 6) is 0.520. The van der Waals surface area contributed by atoms with Gasteiger partial charge in [0.2, 0.25) is 5.91 Å². The number of nitrogens with zero attached hydrogens (tertiary/aromatic N) is 3. The van der Waals surface area contributed by atoms with Gasteiger partial charge in [-0.15, -0.1) is 0 Å². The third-order valence-corrected chi connectivity index (χ3v) is 6.71. The summed E-state index contributed by atoms with van der Waals surface area (Å²) in [6, 6.07) is 12.1. The monoisotopic (exact) mass is 465 g/mol. The number of nitrogens with one attached hydrogen (secondary N) is 4. The van der Waals surface area contributed by atoms with E-state index in [4.69, 9.17) is 0 Å². The van der Waals surface area contributed by atoms with Crippen LogP contribution in [0.5, 0.6) is 0 Å². The van der Waals surface area contributed by atoms with E-state index in [1.807, 2.05) is 43.6 Å². The van der Waals surface area contributed by atoms with Crippen molar-refractivity contribution in [3.63, 3.8) is 0 Å². The molecule has 5 aromatic rings. The first-order valence-corrected chi connectivity index (χ1v) is 12.0. The van der Waals surface area contributed by atoms with Crippen molar-refractivity contribution in [1.29, 1.82) is 0 Å². The number of pyridine rings is 2. The van der Waals surface area contributed by atoms with Crippen molar-refractivity contribution in [2.24, 2.45) is 5.92 Å². The zero-order chi connectivity index (χ0) is 23.8. The summed E-state index contributed by atoms with van der Waals surface area (Å²) in [6.45, 7) is 4.02. The summed E-state index contributed by atoms with van der Waals surface area (Å²) in [4.78, 5) is 25.0. The highest BCUT2D eigenvalue weighted by atomic mass is 16.1. The first-order chi connectivity index (χ1) is 17.1. The van der Waals surface area contributed by atoms with Crippen LogP contribution in [0.1, 0.15) is 24.8 Å². The summed E-state index contributed by atoms with van der Waals surface area (Å²) in [6.07, 6.45) is 8.09. The van der Waals surface area contributed by atoms with E-state index >= 15 is 0 Å². The first kappa shape index (κ1) is 21.5. The highest BCUT2D eigenvalue weighted by Crippen LogP contribution is 2.31. The lowest BCUT2D eigenvalue weighted by Gasteiger charge is -2.22. The van der Waals surface area contributed by atoms with Gasteiger partial charge in [-0.05, 0) is 80.7 Å². The summed E-state index contributed by atoms with van der Waals surface area (Å²) < 4.78 is 0. The van der Waals surface area contributed by atoms with Gasteiger partial charge in [0, 0.05) is 46.4 Å². The number of amides is 1. The number of benzene rings is 1. The number of aromatic amines is 2. The Kier molecular flexibility index (Phi) is 5.50. The SMILES string of the molecule is Cc1cc(NC(=O)CC2CCNCC2)cc(-c2cc3c(-c4cc5cnccc5[nH]4)n[nH]c3cn2)c1. The predicted molar refractivity (Wildman–Crippen MR) is 138 cm³/mol. The number of H-pyrrole nitrogens is 2. The van der Waals surface area contributed by atoms with E-state index in [1.165, 1.54) is 0 Å². The molecule has 0 spiro atoms. The Hall–Kier alpha value is -4.04. The normalized spacial score (nSPS) is 14.5. The lowest BCUT2D eigenvalue weighted by atomic mass is 9.94. The minimum atomic E-state index is 0.0716. The maximum Gasteiger partial charge on any atom is 0.224 e. The van der Waals surface area contributed by atoms with Gasteiger partial charge in [-0.1, -0.05) is 0 Å². The number of hydrogen-bond donors (Lipinski definition) is 4. The number of hydrogen-bond acceptors (Lipinski definition) is 5. The molecule has 0 aliphatic carbocycles. The Labute approximate surface area is 202 Å². The Morgan fingerprint density at radius 2 is 1.97 bits per heavy atom. The fourth-order valence-electron chi connectivity index (χ4n) is 4.94. The predicted octanol–water partition coefficient (Wildman–Crippen LogP) is 4.80. The molecule has 0 radical (unpaired) electrons. The molecule has 1 aromatic carbocycles. The highest BCUT2D eigenvalue weighted by molar-refractivity contribution is 5.97. The van der Waals surface area contributed by atoms with Crippen molar-refractivity contribution in [2.45, 2.75) is 26.2 Å². The minimum Gasteiger partial charge on any atom is -0.353 e. The molecule has 1 fully saturated rings. The summed E-state index contributed by atoms with van der Waals surface area (Å²) in [7, 11) is 0. The third-order valence-electron chi connectivity index (χ3n) is 6.71. The molecule has 5 heterocycles. The lowest BCUT2D eigenvalue weighted by molar-refractivity contribution is -0.117. The van der Waals surface area contributed by atoms with Crippen molar-refractivity contribution in [2.75, 3.05) is 18.4 Å². The van der Waals surface area contributed by atoms with E-state index in [1.54, 1.807) is 6.20 Å². The largest absolute Gasteiger partial charge is 0.353 e. The van der Waals surface area contributed by atoms with Gasteiger partial charge in [0.15, 0.2) is 0 Å². The fourth-order valence-corrected chi connectivity index (χ4v) is 4.94. The molecule has 176 valence electrons. The molecule has 0 saturated carbocycles. The third kappa shape index (κ3) is 4.40. The van der Waals surface area contributed by atoms with Crippen LogP contribution in [-0.2, 0) is 4.79 Å². The molecular weight excluding hydrogens is 438 g/mol. The molecule has 4 N–H and O–H groups in total. The molecule has 4 aromatic heterocycles. The number of carbonyl (C=O) groups is 1. The molecule has 0 atom stereocenters. The molecule has 0 bridgehead atoms. The van der Waals surface area contributed by atoms with Crippen LogP contribution in [0, 0.1) is 12.8 Å². The average molecular weight is 466 g/mol. The molecule has 35 heavy (non-hydrogen) atoms. The van der Waals surface area contributed by atoms with Crippen molar-refractivity contribution < 1.29 is 4.79 Å². The number of carbonyl (C=O) groups excluding carboxylic acids is 1. The fraction of sp³-hybridized carbons (Fsp3) is 0.259. The molecule has 8 nitrogen and oxygen atoms in total. The van der Waals surface area contributed by atoms with Crippen LogP contribution in [0.2, 0.25) is 0 Å². The molecule has 1 amide bonds. The summed E-state index contributed by atoms with van der Waals surface area (Å²) in [5.41, 5.74) is 7.29. The van der Waals surface area contributed by atoms with Gasteiger partial charge in [-0.2, -0.15) is 5.10 Å².